The molecule has 0 unspecified atom stereocenters. The van der Waals surface area contributed by atoms with Crippen molar-refractivity contribution >= 4 is 5.91 Å². The summed E-state index contributed by atoms with van der Waals surface area (Å²) < 4.78 is 5.64. The first-order valence-corrected chi connectivity index (χ1v) is 6.71. The van der Waals surface area contributed by atoms with Crippen molar-refractivity contribution in [2.75, 3.05) is 13.7 Å². The number of hydrogen-bond donors (Lipinski definition) is 2. The quantitative estimate of drug-likeness (QED) is 0.874. The van der Waals surface area contributed by atoms with Gasteiger partial charge in [0, 0.05) is 13.2 Å². The molecular formula is C15H17N3O3. The maximum Gasteiger partial charge on any atom is 0.264 e. The second kappa shape index (κ2) is 6.69. The molecule has 110 valence electrons. The van der Waals surface area contributed by atoms with Gasteiger partial charge >= 0.3 is 0 Å². The lowest BCUT2D eigenvalue weighted by atomic mass is 10.2. The number of carbonyl (C=O) groups is 1. The third kappa shape index (κ3) is 3.28. The van der Waals surface area contributed by atoms with Crippen LogP contribution in [0.4, 0.5) is 0 Å². The average molecular weight is 287 g/mol. The summed E-state index contributed by atoms with van der Waals surface area (Å²) in [4.78, 5) is 30.2. The Balaban J connectivity index is 2.41. The molecule has 0 spiro atoms. The molecule has 0 aliphatic rings. The molecule has 2 N–H and O–H groups in total. The van der Waals surface area contributed by atoms with Gasteiger partial charge in [-0.25, -0.2) is 4.98 Å². The van der Waals surface area contributed by atoms with Crippen molar-refractivity contribution in [2.45, 2.75) is 13.3 Å². The Labute approximate surface area is 122 Å². The lowest BCUT2D eigenvalue weighted by molar-refractivity contribution is 0.0961. The number of H-pyrrole nitrogens is 1. The van der Waals surface area contributed by atoms with E-state index in [0.29, 0.717) is 23.7 Å². The van der Waals surface area contributed by atoms with Crippen LogP contribution in [0.2, 0.25) is 0 Å². The summed E-state index contributed by atoms with van der Waals surface area (Å²) in [7, 11) is 1.46. The minimum Gasteiger partial charge on any atom is -0.493 e. The molecule has 2 rings (SSSR count). The van der Waals surface area contributed by atoms with Gasteiger partial charge in [-0.15, -0.1) is 0 Å². The lowest BCUT2D eigenvalue weighted by Gasteiger charge is -2.10. The van der Waals surface area contributed by atoms with E-state index in [2.05, 4.69) is 15.3 Å². The molecule has 6 heteroatoms. The second-order valence-corrected chi connectivity index (χ2v) is 4.40. The molecule has 6 nitrogen and oxygen atoms in total. The van der Waals surface area contributed by atoms with E-state index in [1.807, 2.05) is 31.2 Å². The highest BCUT2D eigenvalue weighted by molar-refractivity contribution is 5.93. The Bertz CT molecular complexity index is 695. The first-order chi connectivity index (χ1) is 10.2. The fraction of sp³-hybridized carbons (Fsp3) is 0.267. The zero-order valence-corrected chi connectivity index (χ0v) is 12.0. The third-order valence-electron chi connectivity index (χ3n) is 2.87. The Kier molecular flexibility index (Phi) is 4.71. The van der Waals surface area contributed by atoms with Crippen molar-refractivity contribution in [1.29, 1.82) is 0 Å². The number of nitrogens with one attached hydrogen (secondary N) is 2. The van der Waals surface area contributed by atoms with E-state index in [1.54, 1.807) is 0 Å². The molecule has 1 amide bonds. The molecule has 0 saturated heterocycles. The molecule has 1 heterocycles. The number of para-hydroxylation sites is 1. The maximum absolute atomic E-state index is 11.9. The summed E-state index contributed by atoms with van der Waals surface area (Å²) >= 11 is 0. The molecule has 2 aromatic rings. The number of carbonyl (C=O) groups excluding carboxylic acids is 1. The zero-order valence-electron chi connectivity index (χ0n) is 12.0. The molecular weight excluding hydrogens is 270 g/mol. The zero-order chi connectivity index (χ0) is 15.2. The standard InChI is InChI=1S/C15H17N3O3/c1-3-8-21-12-7-5-4-6-10(12)13-17-9-11(14(19)16-2)15(20)18-13/h4-7,9H,3,8H2,1-2H3,(H,16,19)(H,17,18,20). The number of nitrogens with zero attached hydrogens (tertiary/aromatic N) is 1. The summed E-state index contributed by atoms with van der Waals surface area (Å²) in [6.07, 6.45) is 2.15. The molecule has 0 bridgehead atoms. The van der Waals surface area contributed by atoms with Crippen LogP contribution in [0.25, 0.3) is 11.4 Å². The normalized spacial score (nSPS) is 10.2. The molecule has 0 saturated carbocycles. The highest BCUT2D eigenvalue weighted by atomic mass is 16.5. The number of hydrogen-bond acceptors (Lipinski definition) is 4. The number of rotatable bonds is 5. The molecule has 1 aromatic carbocycles. The van der Waals surface area contributed by atoms with Crippen molar-refractivity contribution in [1.82, 2.24) is 15.3 Å². The minimum atomic E-state index is -0.482. The van der Waals surface area contributed by atoms with Crippen LogP contribution in [0.15, 0.2) is 35.3 Å². The van der Waals surface area contributed by atoms with E-state index < -0.39 is 11.5 Å². The van der Waals surface area contributed by atoms with Crippen LogP contribution in [-0.4, -0.2) is 29.5 Å². The largest absolute Gasteiger partial charge is 0.493 e. The molecule has 0 radical (unpaired) electrons. The number of amides is 1. The smallest absolute Gasteiger partial charge is 0.264 e. The summed E-state index contributed by atoms with van der Waals surface area (Å²) in [6, 6.07) is 7.31. The van der Waals surface area contributed by atoms with E-state index in [-0.39, 0.29) is 5.56 Å². The highest BCUT2D eigenvalue weighted by Gasteiger charge is 2.13. The number of benzene rings is 1. The number of aromatic nitrogens is 2. The van der Waals surface area contributed by atoms with E-state index in [4.69, 9.17) is 4.74 Å². The lowest BCUT2D eigenvalue weighted by Crippen LogP contribution is -2.27. The third-order valence-corrected chi connectivity index (χ3v) is 2.87. The first-order valence-electron chi connectivity index (χ1n) is 6.71. The van der Waals surface area contributed by atoms with E-state index in [9.17, 15) is 9.59 Å². The Morgan fingerprint density at radius 3 is 2.81 bits per heavy atom. The van der Waals surface area contributed by atoms with Crippen molar-refractivity contribution in [2.24, 2.45) is 0 Å². The van der Waals surface area contributed by atoms with Crippen molar-refractivity contribution in [3.63, 3.8) is 0 Å². The molecule has 0 aliphatic carbocycles. The van der Waals surface area contributed by atoms with Crippen LogP contribution < -0.4 is 15.6 Å². The number of aromatic amines is 1. The molecule has 21 heavy (non-hydrogen) atoms. The van der Waals surface area contributed by atoms with Gasteiger partial charge in [0.1, 0.15) is 17.1 Å². The topological polar surface area (TPSA) is 84.1 Å². The van der Waals surface area contributed by atoms with Crippen LogP contribution in [0.5, 0.6) is 5.75 Å². The predicted molar refractivity (Wildman–Crippen MR) is 79.5 cm³/mol. The summed E-state index contributed by atoms with van der Waals surface area (Å²) in [6.45, 7) is 2.60. The number of ether oxygens (including phenoxy) is 1. The molecule has 1 aromatic heterocycles. The second-order valence-electron chi connectivity index (χ2n) is 4.40. The van der Waals surface area contributed by atoms with Crippen LogP contribution in [-0.2, 0) is 0 Å². The van der Waals surface area contributed by atoms with Crippen molar-refractivity contribution < 1.29 is 9.53 Å². The van der Waals surface area contributed by atoms with Gasteiger partial charge in [-0.1, -0.05) is 19.1 Å². The van der Waals surface area contributed by atoms with Gasteiger partial charge in [0.05, 0.1) is 12.2 Å². The van der Waals surface area contributed by atoms with Gasteiger partial charge in [-0.05, 0) is 18.6 Å². The molecule has 0 atom stereocenters. The van der Waals surface area contributed by atoms with E-state index in [1.165, 1.54) is 13.2 Å². The van der Waals surface area contributed by atoms with Gasteiger partial charge in [-0.3, -0.25) is 9.59 Å². The fourth-order valence-electron chi connectivity index (χ4n) is 1.83. The predicted octanol–water partition coefficient (Wildman–Crippen LogP) is 1.59. The SMILES string of the molecule is CCCOc1ccccc1-c1ncc(C(=O)NC)c(=O)[nH]1. The minimum absolute atomic E-state index is 0.0202. The van der Waals surface area contributed by atoms with Gasteiger partial charge in [0.25, 0.3) is 11.5 Å². The van der Waals surface area contributed by atoms with Gasteiger partial charge in [-0.2, -0.15) is 0 Å². The van der Waals surface area contributed by atoms with Gasteiger partial charge < -0.3 is 15.0 Å². The van der Waals surface area contributed by atoms with Gasteiger partial charge in [0.15, 0.2) is 0 Å². The summed E-state index contributed by atoms with van der Waals surface area (Å²) in [5.41, 5.74) is 0.185. The molecule has 0 aliphatic heterocycles. The Morgan fingerprint density at radius 2 is 2.14 bits per heavy atom. The van der Waals surface area contributed by atoms with Crippen molar-refractivity contribution in [3.8, 4) is 17.1 Å². The van der Waals surface area contributed by atoms with Crippen LogP contribution >= 0.6 is 0 Å². The summed E-state index contributed by atoms with van der Waals surface area (Å²) in [5, 5.41) is 2.40. The first kappa shape index (κ1) is 14.8. The van der Waals surface area contributed by atoms with E-state index >= 15 is 0 Å². The Hall–Kier alpha value is -2.63. The summed E-state index contributed by atoms with van der Waals surface area (Å²) in [5.74, 6) is 0.556. The van der Waals surface area contributed by atoms with Crippen molar-refractivity contribution in [3.05, 3.63) is 46.4 Å². The van der Waals surface area contributed by atoms with Crippen LogP contribution in [0.1, 0.15) is 23.7 Å². The van der Waals surface area contributed by atoms with Crippen LogP contribution in [0.3, 0.4) is 0 Å². The van der Waals surface area contributed by atoms with Gasteiger partial charge in [0.2, 0.25) is 0 Å². The van der Waals surface area contributed by atoms with Crippen LogP contribution in [0, 0.1) is 0 Å². The monoisotopic (exact) mass is 287 g/mol. The maximum atomic E-state index is 11.9. The fourth-order valence-corrected chi connectivity index (χ4v) is 1.83. The highest BCUT2D eigenvalue weighted by Crippen LogP contribution is 2.26. The molecule has 0 fully saturated rings. The average Bonchev–Trinajstić information content (AvgIpc) is 2.52. The Morgan fingerprint density at radius 1 is 1.38 bits per heavy atom. The van der Waals surface area contributed by atoms with E-state index in [0.717, 1.165) is 6.42 Å².